The fraction of sp³-hybridized carbons (Fsp3) is 0.286. The molecule has 108 valence electrons. The highest BCUT2D eigenvalue weighted by Gasteiger charge is 2.23. The van der Waals surface area contributed by atoms with Crippen LogP contribution in [-0.4, -0.2) is 30.6 Å². The summed E-state index contributed by atoms with van der Waals surface area (Å²) in [5.74, 6) is 0. The zero-order valence-corrected chi connectivity index (χ0v) is 13.4. The number of nitrogens with zero attached hydrogens (tertiary/aromatic N) is 4. The van der Waals surface area contributed by atoms with Gasteiger partial charge in [-0.25, -0.2) is 0 Å². The number of rotatable bonds is 2. The van der Waals surface area contributed by atoms with Gasteiger partial charge < -0.3 is 9.80 Å². The molecule has 0 atom stereocenters. The zero-order valence-electron chi connectivity index (χ0n) is 11.1. The Morgan fingerprint density at radius 1 is 1.14 bits per heavy atom. The summed E-state index contributed by atoms with van der Waals surface area (Å²) >= 11 is 13.3. The van der Waals surface area contributed by atoms with Crippen molar-refractivity contribution in [2.24, 2.45) is 0 Å². The van der Waals surface area contributed by atoms with E-state index in [0.717, 1.165) is 41.9 Å². The van der Waals surface area contributed by atoms with Crippen LogP contribution in [0.15, 0.2) is 24.3 Å². The minimum Gasteiger partial charge on any atom is -0.368 e. The number of piperazine rings is 1. The number of benzene rings is 1. The molecule has 7 heteroatoms. The van der Waals surface area contributed by atoms with Crippen LogP contribution in [0.1, 0.15) is 5.56 Å². The Labute approximate surface area is 137 Å². The number of halogens is 2. The van der Waals surface area contributed by atoms with Gasteiger partial charge in [-0.3, -0.25) is 0 Å². The van der Waals surface area contributed by atoms with E-state index in [1.165, 1.54) is 11.5 Å². The fourth-order valence-corrected chi connectivity index (χ4v) is 3.68. The summed E-state index contributed by atoms with van der Waals surface area (Å²) in [5, 5.41) is 11.1. The molecule has 1 aromatic heterocycles. The van der Waals surface area contributed by atoms with Crippen molar-refractivity contribution in [1.82, 2.24) is 4.37 Å². The number of hydrogen-bond acceptors (Lipinski definition) is 5. The van der Waals surface area contributed by atoms with Crippen LogP contribution in [-0.2, 0) is 0 Å². The lowest BCUT2D eigenvalue weighted by atomic mass is 10.2. The number of anilines is 2. The van der Waals surface area contributed by atoms with Gasteiger partial charge in [-0.15, -0.1) is 0 Å². The van der Waals surface area contributed by atoms with E-state index in [4.69, 9.17) is 28.5 Å². The van der Waals surface area contributed by atoms with Crippen molar-refractivity contribution in [2.75, 3.05) is 36.0 Å². The largest absolute Gasteiger partial charge is 0.368 e. The molecule has 2 aromatic rings. The molecule has 0 bridgehead atoms. The van der Waals surface area contributed by atoms with Crippen molar-refractivity contribution < 1.29 is 0 Å². The molecule has 1 fully saturated rings. The molecule has 0 amide bonds. The van der Waals surface area contributed by atoms with Gasteiger partial charge in [-0.2, -0.15) is 9.64 Å². The lowest BCUT2D eigenvalue weighted by Crippen LogP contribution is -2.46. The summed E-state index contributed by atoms with van der Waals surface area (Å²) in [6.45, 7) is 3.42. The first-order valence-corrected chi connectivity index (χ1v) is 8.02. The lowest BCUT2D eigenvalue weighted by Gasteiger charge is -2.36. The minimum atomic E-state index is 0.301. The highest BCUT2D eigenvalue weighted by atomic mass is 35.5. The lowest BCUT2D eigenvalue weighted by molar-refractivity contribution is 0.657. The van der Waals surface area contributed by atoms with Gasteiger partial charge in [0.2, 0.25) is 0 Å². The van der Waals surface area contributed by atoms with Crippen LogP contribution >= 0.6 is 34.7 Å². The molecule has 0 aliphatic carbocycles. The first-order valence-electron chi connectivity index (χ1n) is 6.50. The predicted octanol–water partition coefficient (Wildman–Crippen LogP) is 3.65. The molecular formula is C14H12Cl2N4S. The normalized spacial score (nSPS) is 15.1. The molecule has 0 spiro atoms. The molecule has 1 aliphatic heterocycles. The van der Waals surface area contributed by atoms with Crippen molar-refractivity contribution in [3.8, 4) is 6.07 Å². The second-order valence-electron chi connectivity index (χ2n) is 4.72. The summed E-state index contributed by atoms with van der Waals surface area (Å²) in [5.41, 5.74) is 1.61. The predicted molar refractivity (Wildman–Crippen MR) is 87.7 cm³/mol. The molecule has 1 saturated heterocycles. The van der Waals surface area contributed by atoms with Gasteiger partial charge in [0.15, 0.2) is 5.15 Å². The maximum atomic E-state index is 9.16. The molecule has 0 saturated carbocycles. The first-order chi connectivity index (χ1) is 10.2. The van der Waals surface area contributed by atoms with Gasteiger partial charge in [0.05, 0.1) is 0 Å². The molecule has 2 heterocycles. The quantitative estimate of drug-likeness (QED) is 0.838. The fourth-order valence-electron chi connectivity index (χ4n) is 2.41. The monoisotopic (exact) mass is 338 g/mol. The summed E-state index contributed by atoms with van der Waals surface area (Å²) in [4.78, 5) is 4.46. The van der Waals surface area contributed by atoms with E-state index in [0.29, 0.717) is 10.7 Å². The first kappa shape index (κ1) is 14.5. The van der Waals surface area contributed by atoms with Gasteiger partial charge in [-0.05, 0) is 29.7 Å². The van der Waals surface area contributed by atoms with Gasteiger partial charge in [0, 0.05) is 36.9 Å². The smallest absolute Gasteiger partial charge is 0.162 e. The minimum absolute atomic E-state index is 0.301. The van der Waals surface area contributed by atoms with Crippen LogP contribution in [0.4, 0.5) is 10.7 Å². The highest BCUT2D eigenvalue weighted by Crippen LogP contribution is 2.32. The van der Waals surface area contributed by atoms with Crippen molar-refractivity contribution in [2.45, 2.75) is 0 Å². The SMILES string of the molecule is N#Cc1c(Cl)nsc1N1CCN(c2cccc(Cl)c2)CC1. The topological polar surface area (TPSA) is 43.2 Å². The molecule has 0 N–H and O–H groups in total. The summed E-state index contributed by atoms with van der Waals surface area (Å²) in [6, 6.07) is 10.0. The maximum Gasteiger partial charge on any atom is 0.162 e. The number of hydrogen-bond donors (Lipinski definition) is 0. The van der Waals surface area contributed by atoms with Crippen LogP contribution in [0.2, 0.25) is 10.2 Å². The summed E-state index contributed by atoms with van der Waals surface area (Å²) < 4.78 is 4.06. The van der Waals surface area contributed by atoms with E-state index >= 15 is 0 Å². The van der Waals surface area contributed by atoms with E-state index in [1.807, 2.05) is 18.2 Å². The van der Waals surface area contributed by atoms with Crippen molar-refractivity contribution >= 4 is 45.4 Å². The average Bonchev–Trinajstić information content (AvgIpc) is 2.88. The van der Waals surface area contributed by atoms with Crippen LogP contribution < -0.4 is 9.80 Å². The molecule has 0 unspecified atom stereocenters. The van der Waals surface area contributed by atoms with E-state index in [9.17, 15) is 0 Å². The maximum absolute atomic E-state index is 9.16. The number of nitriles is 1. The second-order valence-corrected chi connectivity index (χ2v) is 6.27. The molecule has 4 nitrogen and oxygen atoms in total. The van der Waals surface area contributed by atoms with Crippen LogP contribution in [0, 0.1) is 11.3 Å². The van der Waals surface area contributed by atoms with Crippen molar-refractivity contribution in [3.05, 3.63) is 40.0 Å². The molecule has 3 rings (SSSR count). The third-order valence-electron chi connectivity index (χ3n) is 3.48. The molecular weight excluding hydrogens is 327 g/mol. The third-order valence-corrected chi connectivity index (χ3v) is 5.00. The Balaban J connectivity index is 1.72. The van der Waals surface area contributed by atoms with Crippen LogP contribution in [0.5, 0.6) is 0 Å². The van der Waals surface area contributed by atoms with Gasteiger partial charge in [0.1, 0.15) is 16.6 Å². The van der Waals surface area contributed by atoms with Gasteiger partial charge >= 0.3 is 0 Å². The molecule has 21 heavy (non-hydrogen) atoms. The Hall–Kier alpha value is -1.48. The average molecular weight is 339 g/mol. The van der Waals surface area contributed by atoms with E-state index < -0.39 is 0 Å². The second kappa shape index (κ2) is 6.10. The summed E-state index contributed by atoms with van der Waals surface area (Å²) in [7, 11) is 0. The van der Waals surface area contributed by atoms with E-state index in [-0.39, 0.29) is 0 Å². The highest BCUT2D eigenvalue weighted by molar-refractivity contribution is 7.10. The van der Waals surface area contributed by atoms with Crippen LogP contribution in [0.25, 0.3) is 0 Å². The summed E-state index contributed by atoms with van der Waals surface area (Å²) in [6.07, 6.45) is 0. The standard InChI is InChI=1S/C14H12Cl2N4S/c15-10-2-1-3-11(8-10)19-4-6-20(7-5-19)14-12(9-17)13(16)18-21-14/h1-3,8H,4-7H2. The Morgan fingerprint density at radius 3 is 2.52 bits per heavy atom. The third kappa shape index (κ3) is 2.93. The molecule has 1 aromatic carbocycles. The molecule has 0 radical (unpaired) electrons. The number of aromatic nitrogens is 1. The van der Waals surface area contributed by atoms with Gasteiger partial charge in [-0.1, -0.05) is 29.3 Å². The zero-order chi connectivity index (χ0) is 14.8. The van der Waals surface area contributed by atoms with Crippen molar-refractivity contribution in [3.63, 3.8) is 0 Å². The van der Waals surface area contributed by atoms with Crippen molar-refractivity contribution in [1.29, 1.82) is 5.26 Å². The Kier molecular flexibility index (Phi) is 4.20. The Bertz CT molecular complexity index is 687. The molecule has 1 aliphatic rings. The Morgan fingerprint density at radius 2 is 1.86 bits per heavy atom. The van der Waals surface area contributed by atoms with Gasteiger partial charge in [0.25, 0.3) is 0 Å². The van der Waals surface area contributed by atoms with E-state index in [1.54, 1.807) is 0 Å². The van der Waals surface area contributed by atoms with Crippen LogP contribution in [0.3, 0.4) is 0 Å². The van der Waals surface area contributed by atoms with E-state index in [2.05, 4.69) is 26.3 Å².